The minimum absolute atomic E-state index is 0.00229. The molecule has 0 bridgehead atoms. The Balaban J connectivity index is 0.000000129. The van der Waals surface area contributed by atoms with Crippen molar-refractivity contribution in [3.05, 3.63) is 154 Å². The Morgan fingerprint density at radius 1 is 0.455 bits per heavy atom. The molecule has 2 unspecified atom stereocenters. The summed E-state index contributed by atoms with van der Waals surface area (Å²) in [4.78, 5) is 118. The Morgan fingerprint density at radius 2 is 0.804 bits per heavy atom. The molecule has 7 aromatic rings. The van der Waals surface area contributed by atoms with Crippen LogP contribution in [0.2, 0.25) is 0 Å². The lowest BCUT2D eigenvalue weighted by Crippen LogP contribution is -2.61. The molecule has 5 saturated carbocycles. The number of allylic oxidation sites excluding steroid dienone is 1. The van der Waals surface area contributed by atoms with E-state index < -0.39 is 50.9 Å². The van der Waals surface area contributed by atoms with E-state index in [0.717, 1.165) is 174 Å². The number of carboxylic acids is 1. The Hall–Kier alpha value is -11.6. The summed E-state index contributed by atoms with van der Waals surface area (Å²) in [6.45, 7) is 60.5. The highest BCUT2D eigenvalue weighted by molar-refractivity contribution is 6.01. The molecule has 1 spiro atoms. The van der Waals surface area contributed by atoms with Crippen LogP contribution in [0, 0.1) is 87.1 Å². The van der Waals surface area contributed by atoms with Crippen molar-refractivity contribution in [1.82, 2.24) is 63.8 Å². The first kappa shape index (κ1) is 106. The average molecular weight is 1970 g/mol. The summed E-state index contributed by atoms with van der Waals surface area (Å²) in [5.41, 5.74) is 12.4. The Bertz CT molecular complexity index is 6500. The maximum absolute atomic E-state index is 12.7. The smallest absolute Gasteiger partial charge is 0.356 e. The van der Waals surface area contributed by atoms with Crippen molar-refractivity contribution in [2.24, 2.45) is 105 Å². The van der Waals surface area contributed by atoms with Gasteiger partial charge in [-0.1, -0.05) is 130 Å². The number of aromatic nitrogens is 13. The Kier molecular flexibility index (Phi) is 27.5. The van der Waals surface area contributed by atoms with Gasteiger partial charge in [0.25, 0.3) is 12.1 Å². The SMILES string of the molecule is CCOC(=O)c1c2c(nn1C)[C@@]1(C)C/C(=C/O)C(=O)C(C)(C)[C@@H]1CC2.CCOC(=O)c1c2c(nn1C)[C@@]1(C)Cc3cnoc3C(C)(C)[C@@H]1CC2.COC(=O)c1c2c(nn1C)[C@@]1(C)CCC(=O)C(C)(C)[C@@H]1CC2.Cn1nc2c(c1C#N)CC[C@H]1C(C)(C)C3(CC[C@]21C)OCCO3.[C-]#[N+]C1C[C@]2(C)c3nn(C)c(C(=O)O)c3CC[C@H]2C(C)(C)C1=O.[C-]#[N+]C1C[C@]2(C)c3nn(C)c(C(=O)OCC)c3CC[C@H]2C(C)(C)C1=O. The van der Waals surface area contributed by atoms with Gasteiger partial charge in [-0.25, -0.2) is 37.1 Å². The van der Waals surface area contributed by atoms with E-state index in [1.54, 1.807) is 65.4 Å². The Morgan fingerprint density at radius 3 is 1.21 bits per heavy atom. The molecule has 0 aromatic carbocycles. The van der Waals surface area contributed by atoms with Crippen molar-refractivity contribution in [2.75, 3.05) is 40.1 Å². The fraction of sp³-hybridized carbons (Fsp3) is 0.679. The van der Waals surface area contributed by atoms with Crippen LogP contribution in [0.1, 0.15) is 366 Å². The van der Waals surface area contributed by atoms with Gasteiger partial charge in [0, 0.05) is 177 Å². The monoisotopic (exact) mass is 1970 g/mol. The third-order valence-corrected chi connectivity index (χ3v) is 37.2. The second-order valence-corrected chi connectivity index (χ2v) is 47.1. The molecule has 143 heavy (non-hydrogen) atoms. The largest absolute Gasteiger partial charge is 0.515 e. The van der Waals surface area contributed by atoms with E-state index in [2.05, 4.69) is 117 Å². The summed E-state index contributed by atoms with van der Waals surface area (Å²) in [6, 6.07) is 1.02. The van der Waals surface area contributed by atoms with E-state index in [1.165, 1.54) is 11.8 Å². The first-order chi connectivity index (χ1) is 66.9. The first-order valence-electron chi connectivity index (χ1n) is 51.0. The van der Waals surface area contributed by atoms with E-state index in [0.29, 0.717) is 124 Å². The molecule has 12 aliphatic carbocycles. The van der Waals surface area contributed by atoms with Crippen LogP contribution in [0.25, 0.3) is 9.69 Å². The molecule has 20 rings (SSSR count). The number of ether oxygens (including phenoxy) is 6. The number of Topliss-reactive ketones (excluding diaryl/α,β-unsaturated/α-hetero) is 4. The standard InChI is InChI=1S/2C19H25N3O3.C19H26N2O4.C18H25N3O2.C17H21N3O3.C17H24N2O3/c1-6-24-17(23)14-12-7-8-13-18(2,3)16-11(10-20-25-16)9-19(13,4)15(12)21-22(14)5;1-7-25-17(24)14-11-8-9-13-18(2,3)16(23)12(20-5)10-19(13,4)15(11)21-22(14)6;1-6-25-17(24)14-12-7-8-13-18(2,3)16(23)11(10-22)9-19(13,4)15(12)20-21(14)5;1-16(2)14-6-5-12-13(11-19)21(4)20-15(12)17(14,3)7-8-18(16)22-9-10-23-18;1-16(2)11-7-6-9-12(15(22)23)20(5)19-13(9)17(11,3)8-10(18-4)14(16)21;1-16(2)11-7-6-10-13(15(21)22-5)19(4)18-14(10)17(11,3)9-8-12(16)20/h10,13H,6-9H2,1-5H3;12-13H,7-10H2,1-4,6H3;10,13,22H,6-9H2,1-5H3;14H,5-10H2,1-4H3;10-11H,6-8H2,1-3,5H3,(H,22,23);11H,6-9H2,1-5H3/b;;11-10-;;;/t13-,19-;12?,13-,19-;13-,19-;14-,17-;10?,11-,17-;11-,17-/m000000/s1. The van der Waals surface area contributed by atoms with Gasteiger partial charge < -0.3 is 52.8 Å². The van der Waals surface area contributed by atoms with Gasteiger partial charge in [0.15, 0.2) is 11.6 Å². The van der Waals surface area contributed by atoms with Gasteiger partial charge in [0.05, 0.1) is 86.8 Å². The van der Waals surface area contributed by atoms with Gasteiger partial charge in [0.2, 0.25) is 11.6 Å². The van der Waals surface area contributed by atoms with Crippen molar-refractivity contribution < 1.29 is 86.3 Å². The first-order valence-corrected chi connectivity index (χ1v) is 51.0. The van der Waals surface area contributed by atoms with E-state index in [9.17, 15) is 58.6 Å². The summed E-state index contributed by atoms with van der Waals surface area (Å²) in [7, 11) is 12.1. The molecule has 2 N–H and O–H groups in total. The number of aryl methyl sites for hydroxylation is 6. The van der Waals surface area contributed by atoms with Crippen molar-refractivity contribution >= 4 is 53.0 Å². The lowest BCUT2D eigenvalue weighted by molar-refractivity contribution is -0.276. The minimum atomic E-state index is -0.976. The zero-order valence-electron chi connectivity index (χ0n) is 89.0. The molecular formula is C109H146N16O18. The highest BCUT2D eigenvalue weighted by atomic mass is 16.7. The van der Waals surface area contributed by atoms with Crippen LogP contribution in [-0.2, 0) is 173 Å². The van der Waals surface area contributed by atoms with Gasteiger partial charge in [-0.05, 0) is 159 Å². The highest BCUT2D eigenvalue weighted by Crippen LogP contribution is 2.66. The predicted molar refractivity (Wildman–Crippen MR) is 526 cm³/mol. The number of methoxy groups -OCH3 is 1. The van der Waals surface area contributed by atoms with E-state index in [4.69, 9.17) is 56.3 Å². The molecule has 14 atom stereocenters. The number of hydrogen-bond acceptors (Lipinski definition) is 25. The number of nitriles is 1. The maximum Gasteiger partial charge on any atom is 0.356 e. The van der Waals surface area contributed by atoms with Crippen LogP contribution >= 0.6 is 0 Å². The second-order valence-electron chi connectivity index (χ2n) is 47.1. The number of carbonyl (C=O) groups excluding carboxylic acids is 8. The number of aliphatic hydroxyl groups is 1. The van der Waals surface area contributed by atoms with Crippen molar-refractivity contribution in [3.8, 4) is 6.07 Å². The number of aromatic carboxylic acids is 1. The number of rotatable bonds is 8. The zero-order chi connectivity index (χ0) is 105. The highest BCUT2D eigenvalue weighted by Gasteiger charge is 2.68. The van der Waals surface area contributed by atoms with Gasteiger partial charge in [-0.3, -0.25) is 47.3 Å². The van der Waals surface area contributed by atoms with Gasteiger partial charge in [-0.2, -0.15) is 35.9 Å². The number of nitrogens with zero attached hydrogens (tertiary/aromatic N) is 16. The van der Waals surface area contributed by atoms with E-state index >= 15 is 0 Å². The van der Waals surface area contributed by atoms with Crippen LogP contribution < -0.4 is 0 Å². The number of carbonyl (C=O) groups is 9. The lowest BCUT2D eigenvalue weighted by atomic mass is 9.49. The molecule has 6 fully saturated rings. The molecule has 1 saturated heterocycles. The summed E-state index contributed by atoms with van der Waals surface area (Å²) >= 11 is 0. The molecular weight excluding hydrogens is 1820 g/mol. The van der Waals surface area contributed by atoms with E-state index in [1.807, 2.05) is 75.7 Å². The molecule has 34 nitrogen and oxygen atoms in total. The molecule has 13 aliphatic rings. The summed E-state index contributed by atoms with van der Waals surface area (Å²) in [5.74, 6) is 0.0547. The molecule has 1 aliphatic heterocycles. The van der Waals surface area contributed by atoms with Gasteiger partial charge in [0.1, 0.15) is 51.8 Å². The van der Waals surface area contributed by atoms with Crippen LogP contribution in [-0.4, -0.2) is 185 Å². The molecule has 0 radical (unpaired) electrons. The number of ketones is 4. The van der Waals surface area contributed by atoms with Crippen LogP contribution in [0.4, 0.5) is 0 Å². The molecule has 7 aromatic heterocycles. The van der Waals surface area contributed by atoms with Crippen molar-refractivity contribution in [3.63, 3.8) is 0 Å². The Labute approximate surface area is 838 Å². The van der Waals surface area contributed by atoms with Gasteiger partial charge in [-0.15, -0.1) is 0 Å². The molecule has 8 heterocycles. The number of esters is 4. The third-order valence-electron chi connectivity index (χ3n) is 37.2. The lowest BCUT2D eigenvalue weighted by Gasteiger charge is -2.59. The number of aliphatic hydroxyl groups excluding tert-OH is 1. The maximum atomic E-state index is 12.7. The number of fused-ring (bicyclic) bond motifs is 19. The molecule has 34 heteroatoms. The predicted octanol–water partition coefficient (Wildman–Crippen LogP) is 15.8. The normalized spacial score (nSPS) is 30.2. The number of carboxylic acid groups (broad SMARTS) is 1. The van der Waals surface area contributed by atoms with Crippen LogP contribution in [0.3, 0.4) is 0 Å². The second kappa shape index (κ2) is 37.2. The zero-order valence-corrected chi connectivity index (χ0v) is 89.0. The fourth-order valence-electron chi connectivity index (χ4n) is 30.7. The van der Waals surface area contributed by atoms with E-state index in [-0.39, 0.29) is 108 Å². The quantitative estimate of drug-likeness (QED) is 0.0469. The van der Waals surface area contributed by atoms with Crippen LogP contribution in [0.15, 0.2) is 22.6 Å². The average Bonchev–Trinajstić information content (AvgIpc) is 1.67. The summed E-state index contributed by atoms with van der Waals surface area (Å²) in [6.07, 6.45) is 18.1. The van der Waals surface area contributed by atoms with Gasteiger partial charge >= 0.3 is 29.8 Å². The van der Waals surface area contributed by atoms with Crippen LogP contribution in [0.5, 0.6) is 0 Å². The topological polar surface area (TPSA) is 415 Å². The number of hydrogen-bond donors (Lipinski definition) is 2. The molecule has 770 valence electrons. The van der Waals surface area contributed by atoms with Crippen molar-refractivity contribution in [2.45, 2.75) is 330 Å². The third kappa shape index (κ3) is 16.2. The minimum Gasteiger partial charge on any atom is -0.515 e. The summed E-state index contributed by atoms with van der Waals surface area (Å²) in [5, 5.41) is 60.6. The summed E-state index contributed by atoms with van der Waals surface area (Å²) < 4.78 is 48.2. The molecule has 0 amide bonds. The van der Waals surface area contributed by atoms with Crippen molar-refractivity contribution in [1.29, 1.82) is 5.26 Å². The fourth-order valence-corrected chi connectivity index (χ4v) is 30.7.